The topological polar surface area (TPSA) is 0 Å². The summed E-state index contributed by atoms with van der Waals surface area (Å²) in [4.78, 5) is 0. The summed E-state index contributed by atoms with van der Waals surface area (Å²) in [6.45, 7) is 5.04. The van der Waals surface area contributed by atoms with E-state index in [0.29, 0.717) is 7.25 Å². The third-order valence-corrected chi connectivity index (χ3v) is 21.1. The van der Waals surface area contributed by atoms with Crippen molar-refractivity contribution in [2.24, 2.45) is 0 Å². The van der Waals surface area contributed by atoms with Gasteiger partial charge in [-0.2, -0.15) is 0 Å². The number of hydrogen-bond acceptors (Lipinski definition) is 0. The van der Waals surface area contributed by atoms with Crippen LogP contribution < -0.4 is 35.2 Å². The van der Waals surface area contributed by atoms with Crippen LogP contribution in [0.5, 0.6) is 0 Å². The summed E-state index contributed by atoms with van der Waals surface area (Å²) in [6.07, 6.45) is 0. The number of rotatable bonds is 4. The molecule has 0 spiro atoms. The van der Waals surface area contributed by atoms with Gasteiger partial charge < -0.3 is 24.8 Å². The summed E-state index contributed by atoms with van der Waals surface area (Å²) in [6, 6.07) is 60.1. The van der Waals surface area contributed by atoms with Crippen LogP contribution in [0.4, 0.5) is 0 Å². The minimum Gasteiger partial charge on any atom is -1.00 e. The van der Waals surface area contributed by atoms with E-state index < -0.39 is 31.3 Å². The first-order valence-corrected chi connectivity index (χ1v) is 21.2. The molecule has 0 saturated heterocycles. The Morgan fingerprint density at radius 1 is 0.417 bits per heavy atom. The molecule has 2 aliphatic carbocycles. The fourth-order valence-electron chi connectivity index (χ4n) is 8.85. The van der Waals surface area contributed by atoms with Crippen molar-refractivity contribution in [1.82, 2.24) is 0 Å². The van der Waals surface area contributed by atoms with E-state index in [1.807, 2.05) is 0 Å². The SMILES string of the molecule is CC1=C2c3c(-c4ccccc4)cccc3[CH]1[Zr+2][CH]1C(C)=C(c3c(-c4ccccc4)cccc31)[Si]2(c1ccccc1)c1ccccc1.[Cl-].[Cl-]. The number of halogens is 2. The number of fused-ring (bicyclic) bond motifs is 8. The molecule has 0 radical (unpaired) electrons. The Morgan fingerprint density at radius 2 is 0.771 bits per heavy atom. The maximum atomic E-state index is 2.52. The van der Waals surface area contributed by atoms with E-state index in [0.717, 1.165) is 0 Å². The molecular weight excluding hydrogens is 719 g/mol. The van der Waals surface area contributed by atoms with Crippen molar-refractivity contribution in [3.63, 3.8) is 0 Å². The molecule has 2 unspecified atom stereocenters. The summed E-state index contributed by atoms with van der Waals surface area (Å²) >= 11 is -1.03. The van der Waals surface area contributed by atoms with E-state index in [-0.39, 0.29) is 24.8 Å². The molecule has 6 aromatic carbocycles. The number of benzene rings is 6. The van der Waals surface area contributed by atoms with Crippen LogP contribution in [-0.2, 0) is 23.2 Å². The minimum atomic E-state index is -2.86. The van der Waals surface area contributed by atoms with E-state index in [4.69, 9.17) is 0 Å². The smallest absolute Gasteiger partial charge is 1.00 e. The summed E-state index contributed by atoms with van der Waals surface area (Å²) in [5.41, 5.74) is 15.0. The van der Waals surface area contributed by atoms with Crippen LogP contribution in [0.2, 0.25) is 0 Å². The predicted molar refractivity (Wildman–Crippen MR) is 192 cm³/mol. The van der Waals surface area contributed by atoms with Crippen LogP contribution in [0.25, 0.3) is 32.6 Å². The van der Waals surface area contributed by atoms with Gasteiger partial charge in [-0.3, -0.25) is 0 Å². The van der Waals surface area contributed by atoms with Gasteiger partial charge in [-0.15, -0.1) is 0 Å². The van der Waals surface area contributed by atoms with E-state index in [1.165, 1.54) is 43.8 Å². The Balaban J connectivity index is 0.00000182. The van der Waals surface area contributed by atoms with Gasteiger partial charge >= 0.3 is 287 Å². The fourth-order valence-corrected chi connectivity index (χ4v) is 20.3. The van der Waals surface area contributed by atoms with Crippen LogP contribution in [-0.4, -0.2) is 8.07 Å². The van der Waals surface area contributed by atoms with Gasteiger partial charge in [0.25, 0.3) is 0 Å². The molecule has 9 rings (SSSR count). The maximum Gasteiger partial charge on any atom is -1.00 e. The summed E-state index contributed by atoms with van der Waals surface area (Å²) < 4.78 is 1.09. The summed E-state index contributed by atoms with van der Waals surface area (Å²) in [7, 11) is -2.86. The van der Waals surface area contributed by atoms with Crippen LogP contribution >= 0.6 is 0 Å². The first-order valence-electron chi connectivity index (χ1n) is 16.4. The Hall–Kier alpha value is -3.52. The zero-order valence-electron chi connectivity index (χ0n) is 26.9. The fraction of sp³-hybridized carbons (Fsp3) is 0.0909. The largest absolute Gasteiger partial charge is 1.00 e. The third kappa shape index (κ3) is 4.72. The second kappa shape index (κ2) is 13.1. The van der Waals surface area contributed by atoms with Gasteiger partial charge in [0.15, 0.2) is 0 Å². The molecule has 0 fully saturated rings. The van der Waals surface area contributed by atoms with Gasteiger partial charge in [0.05, 0.1) is 0 Å². The standard InChI is InChI=1S/C44H34Si.2ClH.Zr/c1-31-29-35-21-15-27-39(33-17-7-3-8-18-33)41(35)43(31)45(37-23-11-5-12-24-37,38-25-13-6-14-26-38)44-32(2)30-36-22-16-28-40(42(36)44)34-19-9-4-10-20-34;;;/h3-30H,1-2H3;2*1H;/q;;;+2/p-2. The second-order valence-corrected chi connectivity index (χ2v) is 20.2. The zero-order chi connectivity index (χ0) is 30.8. The Labute approximate surface area is 309 Å². The van der Waals surface area contributed by atoms with Gasteiger partial charge in [0.1, 0.15) is 0 Å². The monoisotopic (exact) mass is 750 g/mol. The third-order valence-electron chi connectivity index (χ3n) is 10.6. The first kappa shape index (κ1) is 33.0. The molecule has 232 valence electrons. The van der Waals surface area contributed by atoms with E-state index in [1.54, 1.807) is 32.7 Å². The number of allylic oxidation sites excluding steroid dienone is 2. The van der Waals surface area contributed by atoms with Crippen molar-refractivity contribution in [3.05, 3.63) is 191 Å². The second-order valence-electron chi connectivity index (χ2n) is 12.9. The molecule has 2 atom stereocenters. The van der Waals surface area contributed by atoms with Crippen molar-refractivity contribution in [2.75, 3.05) is 0 Å². The van der Waals surface area contributed by atoms with Crippen molar-refractivity contribution < 1.29 is 48.0 Å². The molecule has 4 bridgehead atoms. The normalized spacial score (nSPS) is 17.9. The van der Waals surface area contributed by atoms with Crippen LogP contribution in [0.1, 0.15) is 43.4 Å². The van der Waals surface area contributed by atoms with Crippen molar-refractivity contribution in [2.45, 2.75) is 21.1 Å². The van der Waals surface area contributed by atoms with Crippen LogP contribution in [0, 0.1) is 0 Å². The Bertz CT molecular complexity index is 2030. The Morgan fingerprint density at radius 3 is 1.15 bits per heavy atom. The number of hydrogen-bond donors (Lipinski definition) is 0. The average Bonchev–Trinajstić information content (AvgIpc) is 3.59. The minimum absolute atomic E-state index is 0. The molecule has 48 heavy (non-hydrogen) atoms. The average molecular weight is 753 g/mol. The van der Waals surface area contributed by atoms with Gasteiger partial charge in [-0.05, 0) is 0 Å². The van der Waals surface area contributed by atoms with Gasteiger partial charge in [0.2, 0.25) is 0 Å². The van der Waals surface area contributed by atoms with Crippen LogP contribution in [0.3, 0.4) is 0 Å². The molecule has 0 amide bonds. The molecule has 0 saturated carbocycles. The zero-order valence-corrected chi connectivity index (χ0v) is 31.9. The molecule has 4 heteroatoms. The molecule has 3 aliphatic rings. The van der Waals surface area contributed by atoms with Gasteiger partial charge in [-0.1, -0.05) is 0 Å². The van der Waals surface area contributed by atoms with E-state index in [9.17, 15) is 0 Å². The molecule has 0 N–H and O–H groups in total. The van der Waals surface area contributed by atoms with Crippen LogP contribution in [0.15, 0.2) is 169 Å². The molecule has 0 aromatic heterocycles. The van der Waals surface area contributed by atoms with E-state index >= 15 is 0 Å². The summed E-state index contributed by atoms with van der Waals surface area (Å²) in [5.74, 6) is 0. The molecular formula is C44H34Cl2SiZr. The summed E-state index contributed by atoms with van der Waals surface area (Å²) in [5, 5.41) is 6.27. The van der Waals surface area contributed by atoms with Crippen molar-refractivity contribution in [3.8, 4) is 22.3 Å². The molecule has 1 heterocycles. The molecule has 1 aliphatic heterocycles. The van der Waals surface area contributed by atoms with Gasteiger partial charge in [-0.25, -0.2) is 0 Å². The van der Waals surface area contributed by atoms with Crippen molar-refractivity contribution >= 4 is 28.8 Å². The molecule has 6 aromatic rings. The quantitative estimate of drug-likeness (QED) is 0.241. The first-order chi connectivity index (χ1) is 22.7. The van der Waals surface area contributed by atoms with Gasteiger partial charge in [0, 0.05) is 0 Å². The Kier molecular flexibility index (Phi) is 8.99. The predicted octanol–water partition coefficient (Wildman–Crippen LogP) is 3.82. The maximum absolute atomic E-state index is 2.86. The molecule has 0 nitrogen and oxygen atoms in total. The van der Waals surface area contributed by atoms with E-state index in [2.05, 4.69) is 172 Å². The van der Waals surface area contributed by atoms with Crippen molar-refractivity contribution in [1.29, 1.82) is 0 Å².